The van der Waals surface area contributed by atoms with Gasteiger partial charge in [0.15, 0.2) is 5.65 Å². The Kier molecular flexibility index (Phi) is 4.12. The van der Waals surface area contributed by atoms with Gasteiger partial charge >= 0.3 is 0 Å². The molecule has 5 heteroatoms. The van der Waals surface area contributed by atoms with Gasteiger partial charge < -0.3 is 5.11 Å². The van der Waals surface area contributed by atoms with E-state index >= 15 is 0 Å². The van der Waals surface area contributed by atoms with E-state index in [1.165, 1.54) is 0 Å². The summed E-state index contributed by atoms with van der Waals surface area (Å²) in [6, 6.07) is 0.0229. The number of imidazole rings is 1. The Hall–Kier alpha value is -1.65. The fraction of sp³-hybridized carbons (Fsp3) is 0.615. The monoisotopic (exact) mass is 248 g/mol. The average molecular weight is 248 g/mol. The number of hydrogen-bond donors (Lipinski definition) is 1. The Morgan fingerprint density at radius 1 is 1.17 bits per heavy atom. The van der Waals surface area contributed by atoms with E-state index < -0.39 is 0 Å². The van der Waals surface area contributed by atoms with Crippen molar-refractivity contribution in [3.63, 3.8) is 0 Å². The molecular formula is C13H20N4O. The van der Waals surface area contributed by atoms with Crippen molar-refractivity contribution in [1.82, 2.24) is 19.5 Å². The summed E-state index contributed by atoms with van der Waals surface area (Å²) in [6.45, 7) is 5.02. The fourth-order valence-corrected chi connectivity index (χ4v) is 2.02. The first-order chi connectivity index (χ1) is 8.76. The normalized spacial score (nSPS) is 11.2. The van der Waals surface area contributed by atoms with E-state index in [0.717, 1.165) is 44.3 Å². The molecule has 2 aromatic rings. The van der Waals surface area contributed by atoms with Gasteiger partial charge in [0.2, 0.25) is 5.65 Å². The maximum Gasteiger partial charge on any atom is 0.297 e. The van der Waals surface area contributed by atoms with Crippen LogP contribution >= 0.6 is 0 Å². The second-order valence-electron chi connectivity index (χ2n) is 4.53. The van der Waals surface area contributed by atoms with E-state index in [0.29, 0.717) is 11.3 Å². The summed E-state index contributed by atoms with van der Waals surface area (Å²) in [5.74, 6) is 0. The average Bonchev–Trinajstić information content (AvgIpc) is 2.66. The van der Waals surface area contributed by atoms with E-state index in [-0.39, 0.29) is 6.01 Å². The fourth-order valence-electron chi connectivity index (χ4n) is 2.02. The number of aryl methyl sites for hydroxylation is 2. The highest BCUT2D eigenvalue weighted by Crippen LogP contribution is 2.18. The van der Waals surface area contributed by atoms with Gasteiger partial charge in [-0.2, -0.15) is 4.98 Å². The van der Waals surface area contributed by atoms with E-state index in [1.807, 2.05) is 0 Å². The lowest BCUT2D eigenvalue weighted by molar-refractivity contribution is 0.396. The molecule has 0 unspecified atom stereocenters. The number of nitrogens with zero attached hydrogens (tertiary/aromatic N) is 4. The predicted molar refractivity (Wildman–Crippen MR) is 70.5 cm³/mol. The molecule has 2 rings (SSSR count). The lowest BCUT2D eigenvalue weighted by Gasteiger charge is -2.04. The van der Waals surface area contributed by atoms with Crippen LogP contribution in [-0.2, 0) is 13.0 Å². The standard InChI is InChI=1S/C13H20N4O/c1-3-5-6-8-17-12-11(16-13(17)18)14-9-10(15-12)7-4-2/h9H,3-8H2,1-2H3,(H,14,16,18). The third-order valence-electron chi connectivity index (χ3n) is 2.98. The van der Waals surface area contributed by atoms with Crippen molar-refractivity contribution in [2.24, 2.45) is 0 Å². The van der Waals surface area contributed by atoms with Gasteiger partial charge in [0, 0.05) is 6.54 Å². The summed E-state index contributed by atoms with van der Waals surface area (Å²) < 4.78 is 1.76. The topological polar surface area (TPSA) is 63.8 Å². The highest BCUT2D eigenvalue weighted by molar-refractivity contribution is 5.67. The van der Waals surface area contributed by atoms with Crippen molar-refractivity contribution in [1.29, 1.82) is 0 Å². The van der Waals surface area contributed by atoms with Crippen LogP contribution in [0.1, 0.15) is 45.2 Å². The van der Waals surface area contributed by atoms with Crippen molar-refractivity contribution < 1.29 is 5.11 Å². The molecule has 2 aromatic heterocycles. The summed E-state index contributed by atoms with van der Waals surface area (Å²) in [4.78, 5) is 12.8. The van der Waals surface area contributed by atoms with Gasteiger partial charge in [-0.25, -0.2) is 9.97 Å². The van der Waals surface area contributed by atoms with Crippen LogP contribution in [0.4, 0.5) is 0 Å². The zero-order valence-corrected chi connectivity index (χ0v) is 11.1. The van der Waals surface area contributed by atoms with Crippen molar-refractivity contribution in [3.05, 3.63) is 11.9 Å². The Morgan fingerprint density at radius 2 is 2.00 bits per heavy atom. The molecule has 0 fully saturated rings. The summed E-state index contributed by atoms with van der Waals surface area (Å²) in [5, 5.41) is 9.83. The molecule has 0 aromatic carbocycles. The number of hydrogen-bond acceptors (Lipinski definition) is 4. The summed E-state index contributed by atoms with van der Waals surface area (Å²) >= 11 is 0. The lowest BCUT2D eigenvalue weighted by atomic mass is 10.2. The molecule has 0 saturated carbocycles. The first kappa shape index (κ1) is 12.8. The molecule has 0 aliphatic carbocycles. The van der Waals surface area contributed by atoms with Crippen molar-refractivity contribution in [3.8, 4) is 6.01 Å². The Bertz CT molecular complexity index is 521. The van der Waals surface area contributed by atoms with Crippen LogP contribution in [0.3, 0.4) is 0 Å². The van der Waals surface area contributed by atoms with Gasteiger partial charge in [0.05, 0.1) is 11.9 Å². The molecule has 0 amide bonds. The van der Waals surface area contributed by atoms with E-state index in [9.17, 15) is 5.11 Å². The largest absolute Gasteiger partial charge is 0.480 e. The van der Waals surface area contributed by atoms with Crippen LogP contribution in [0.5, 0.6) is 6.01 Å². The zero-order valence-electron chi connectivity index (χ0n) is 11.1. The van der Waals surface area contributed by atoms with E-state index in [1.54, 1.807) is 10.8 Å². The van der Waals surface area contributed by atoms with Gasteiger partial charge in [0.25, 0.3) is 6.01 Å². The van der Waals surface area contributed by atoms with Crippen molar-refractivity contribution in [2.75, 3.05) is 0 Å². The molecular weight excluding hydrogens is 228 g/mol. The number of unbranched alkanes of at least 4 members (excludes halogenated alkanes) is 2. The first-order valence-electron chi connectivity index (χ1n) is 6.67. The van der Waals surface area contributed by atoms with Crippen molar-refractivity contribution >= 4 is 11.3 Å². The third-order valence-corrected chi connectivity index (χ3v) is 2.98. The van der Waals surface area contributed by atoms with Crippen LogP contribution in [0.25, 0.3) is 11.3 Å². The first-order valence-corrected chi connectivity index (χ1v) is 6.67. The molecule has 0 atom stereocenters. The Labute approximate surface area is 107 Å². The minimum atomic E-state index is 0.0229. The van der Waals surface area contributed by atoms with Crippen LogP contribution in [0.15, 0.2) is 6.20 Å². The maximum atomic E-state index is 9.83. The predicted octanol–water partition coefficient (Wildman–Crippen LogP) is 2.67. The minimum Gasteiger partial charge on any atom is -0.480 e. The molecule has 0 bridgehead atoms. The second-order valence-corrected chi connectivity index (χ2v) is 4.53. The van der Waals surface area contributed by atoms with E-state index in [4.69, 9.17) is 0 Å². The second kappa shape index (κ2) is 5.80. The minimum absolute atomic E-state index is 0.0229. The van der Waals surface area contributed by atoms with Crippen LogP contribution in [0.2, 0.25) is 0 Å². The Balaban J connectivity index is 2.31. The summed E-state index contributed by atoms with van der Waals surface area (Å²) in [5.41, 5.74) is 2.19. The number of aromatic nitrogens is 4. The van der Waals surface area contributed by atoms with Crippen LogP contribution < -0.4 is 0 Å². The maximum absolute atomic E-state index is 9.83. The SMILES string of the molecule is CCCCCn1c(O)nc2ncc(CCC)nc21. The van der Waals surface area contributed by atoms with Crippen molar-refractivity contribution in [2.45, 2.75) is 52.5 Å². The molecule has 18 heavy (non-hydrogen) atoms. The number of aromatic hydroxyl groups is 1. The lowest BCUT2D eigenvalue weighted by Crippen LogP contribution is -2.01. The summed E-state index contributed by atoms with van der Waals surface area (Å²) in [7, 11) is 0. The summed E-state index contributed by atoms with van der Waals surface area (Å²) in [6.07, 6.45) is 7.01. The highest BCUT2D eigenvalue weighted by atomic mass is 16.3. The zero-order chi connectivity index (χ0) is 13.0. The number of fused-ring (bicyclic) bond motifs is 1. The Morgan fingerprint density at radius 3 is 2.72 bits per heavy atom. The van der Waals surface area contributed by atoms with Gasteiger partial charge in [-0.05, 0) is 12.8 Å². The molecule has 1 N–H and O–H groups in total. The molecule has 0 spiro atoms. The molecule has 98 valence electrons. The van der Waals surface area contributed by atoms with Gasteiger partial charge in [-0.3, -0.25) is 4.57 Å². The molecule has 0 aliphatic heterocycles. The van der Waals surface area contributed by atoms with Gasteiger partial charge in [-0.15, -0.1) is 0 Å². The molecule has 0 saturated heterocycles. The molecule has 0 aliphatic rings. The van der Waals surface area contributed by atoms with Crippen LogP contribution in [0, 0.1) is 0 Å². The third kappa shape index (κ3) is 2.60. The van der Waals surface area contributed by atoms with E-state index in [2.05, 4.69) is 28.8 Å². The number of rotatable bonds is 6. The highest BCUT2D eigenvalue weighted by Gasteiger charge is 2.12. The van der Waals surface area contributed by atoms with Gasteiger partial charge in [-0.1, -0.05) is 33.1 Å². The smallest absolute Gasteiger partial charge is 0.297 e. The van der Waals surface area contributed by atoms with Gasteiger partial charge in [0.1, 0.15) is 0 Å². The molecule has 5 nitrogen and oxygen atoms in total. The molecule has 0 radical (unpaired) electrons. The quantitative estimate of drug-likeness (QED) is 0.798. The van der Waals surface area contributed by atoms with Crippen LogP contribution in [-0.4, -0.2) is 24.6 Å². The molecule has 2 heterocycles.